The van der Waals surface area contributed by atoms with Gasteiger partial charge in [-0.05, 0) is 74.4 Å². The molecule has 194 valence electrons. The first-order valence-electron chi connectivity index (χ1n) is 13.5. The molecule has 5 nitrogen and oxygen atoms in total. The zero-order valence-corrected chi connectivity index (χ0v) is 22.4. The summed E-state index contributed by atoms with van der Waals surface area (Å²) in [5.74, 6) is 1.23. The van der Waals surface area contributed by atoms with Crippen molar-refractivity contribution in [2.75, 3.05) is 13.2 Å². The van der Waals surface area contributed by atoms with E-state index in [0.29, 0.717) is 42.6 Å². The van der Waals surface area contributed by atoms with E-state index in [4.69, 9.17) is 21.1 Å². The third-order valence-electron chi connectivity index (χ3n) is 7.42. The number of rotatable bonds is 8. The summed E-state index contributed by atoms with van der Waals surface area (Å²) in [6, 6.07) is 13.5. The third-order valence-corrected chi connectivity index (χ3v) is 7.65. The maximum Gasteiger partial charge on any atom is 0.161 e. The van der Waals surface area contributed by atoms with Gasteiger partial charge >= 0.3 is 0 Å². The summed E-state index contributed by atoms with van der Waals surface area (Å²) in [6.45, 7) is 5.76. The molecule has 0 bridgehead atoms. The lowest BCUT2D eigenvalue weighted by Gasteiger charge is -2.44. The molecule has 1 aliphatic heterocycles. The van der Waals surface area contributed by atoms with Gasteiger partial charge in [-0.1, -0.05) is 36.7 Å². The molecular weight excluding hydrogens is 486 g/mol. The number of halogens is 1. The van der Waals surface area contributed by atoms with Crippen LogP contribution in [0, 0.1) is 0 Å². The number of ether oxygens (including phenoxy) is 2. The number of Topliss-reactive ketones (excluding diaryl/α,β-unsaturated/α-hetero) is 2. The molecule has 2 aromatic carbocycles. The molecule has 3 aliphatic rings. The molecule has 0 unspecified atom stereocenters. The van der Waals surface area contributed by atoms with E-state index in [0.717, 1.165) is 72.3 Å². The summed E-state index contributed by atoms with van der Waals surface area (Å²) in [4.78, 5) is 29.2. The summed E-state index contributed by atoms with van der Waals surface area (Å²) in [5.41, 5.74) is 5.74. The molecule has 0 radical (unpaired) electrons. The standard InChI is InChI=1S/C31H34ClNO4/c1-3-16-33-23-10-6-12-25(34)30(23)29(31-24(33)11-7-13-26(31)35)21-14-15-27(28(18-21)36-4-2)37-19-20-8-5-9-22(32)17-20/h5,8-9,14-15,17-18,29H,3-4,6-7,10-13,16,19H2,1-2H3. The number of nitrogens with zero attached hydrogens (tertiary/aromatic N) is 1. The molecular formula is C31H34ClNO4. The third kappa shape index (κ3) is 5.06. The molecule has 2 aliphatic carbocycles. The summed E-state index contributed by atoms with van der Waals surface area (Å²) < 4.78 is 12.1. The van der Waals surface area contributed by atoms with E-state index < -0.39 is 0 Å². The van der Waals surface area contributed by atoms with Gasteiger partial charge in [-0.3, -0.25) is 9.59 Å². The predicted octanol–water partition coefficient (Wildman–Crippen LogP) is 7.14. The minimum Gasteiger partial charge on any atom is -0.490 e. The van der Waals surface area contributed by atoms with Crippen molar-refractivity contribution in [1.82, 2.24) is 4.90 Å². The van der Waals surface area contributed by atoms with Crippen molar-refractivity contribution in [1.29, 1.82) is 0 Å². The topological polar surface area (TPSA) is 55.8 Å². The zero-order valence-electron chi connectivity index (χ0n) is 21.6. The van der Waals surface area contributed by atoms with E-state index in [1.54, 1.807) is 0 Å². The van der Waals surface area contributed by atoms with Crippen molar-refractivity contribution in [2.45, 2.75) is 71.3 Å². The molecule has 0 aromatic heterocycles. The van der Waals surface area contributed by atoms with E-state index in [-0.39, 0.29) is 17.5 Å². The summed E-state index contributed by atoms with van der Waals surface area (Å²) in [6.07, 6.45) is 5.51. The average molecular weight is 520 g/mol. The quantitative estimate of drug-likeness (QED) is 0.371. The summed E-state index contributed by atoms with van der Waals surface area (Å²) in [7, 11) is 0. The van der Waals surface area contributed by atoms with Crippen LogP contribution in [-0.4, -0.2) is 29.6 Å². The monoisotopic (exact) mass is 519 g/mol. The largest absolute Gasteiger partial charge is 0.490 e. The Balaban J connectivity index is 1.57. The van der Waals surface area contributed by atoms with Crippen LogP contribution in [0.4, 0.5) is 0 Å². The highest BCUT2D eigenvalue weighted by Gasteiger charge is 2.43. The molecule has 6 heteroatoms. The second-order valence-corrected chi connectivity index (χ2v) is 10.4. The number of allylic oxidation sites excluding steroid dienone is 4. The van der Waals surface area contributed by atoms with Crippen molar-refractivity contribution in [3.05, 3.63) is 81.2 Å². The van der Waals surface area contributed by atoms with Gasteiger partial charge in [0.1, 0.15) is 6.61 Å². The Kier molecular flexibility index (Phi) is 7.71. The number of benzene rings is 2. The van der Waals surface area contributed by atoms with Gasteiger partial charge in [-0.2, -0.15) is 0 Å². The Hall–Kier alpha value is -3.05. The smallest absolute Gasteiger partial charge is 0.161 e. The van der Waals surface area contributed by atoms with Crippen LogP contribution in [-0.2, 0) is 16.2 Å². The number of ketones is 2. The van der Waals surface area contributed by atoms with Crippen molar-refractivity contribution >= 4 is 23.2 Å². The van der Waals surface area contributed by atoms with Crippen LogP contribution >= 0.6 is 11.6 Å². The van der Waals surface area contributed by atoms with Gasteiger partial charge < -0.3 is 14.4 Å². The van der Waals surface area contributed by atoms with Crippen molar-refractivity contribution in [2.24, 2.45) is 0 Å². The Morgan fingerprint density at radius 3 is 2.19 bits per heavy atom. The number of hydrogen-bond acceptors (Lipinski definition) is 5. The molecule has 0 fully saturated rings. The van der Waals surface area contributed by atoms with Gasteiger partial charge in [-0.25, -0.2) is 0 Å². The van der Waals surface area contributed by atoms with Crippen LogP contribution < -0.4 is 9.47 Å². The molecule has 0 N–H and O–H groups in total. The minimum absolute atomic E-state index is 0.163. The SMILES string of the molecule is CCCN1C2=C(C(=O)CCC2)C(c2ccc(OCc3cccc(Cl)c3)c(OCC)c2)C2=C1CCCC2=O. The number of carbonyl (C=O) groups is 2. The molecule has 5 rings (SSSR count). The first-order valence-corrected chi connectivity index (χ1v) is 13.8. The van der Waals surface area contributed by atoms with E-state index >= 15 is 0 Å². The lowest BCUT2D eigenvalue weighted by molar-refractivity contribution is -0.117. The van der Waals surface area contributed by atoms with Gasteiger partial charge in [-0.15, -0.1) is 0 Å². The van der Waals surface area contributed by atoms with Crippen molar-refractivity contribution < 1.29 is 19.1 Å². The van der Waals surface area contributed by atoms with Crippen molar-refractivity contribution in [3.63, 3.8) is 0 Å². The van der Waals surface area contributed by atoms with Crippen LogP contribution in [0.2, 0.25) is 5.02 Å². The Labute approximate surface area is 224 Å². The van der Waals surface area contributed by atoms with Crippen LogP contribution in [0.1, 0.15) is 75.8 Å². The van der Waals surface area contributed by atoms with Crippen LogP contribution in [0.25, 0.3) is 0 Å². The van der Waals surface area contributed by atoms with E-state index in [2.05, 4.69) is 11.8 Å². The highest BCUT2D eigenvalue weighted by Crippen LogP contribution is 2.50. The van der Waals surface area contributed by atoms with Crippen LogP contribution in [0.3, 0.4) is 0 Å². The summed E-state index contributed by atoms with van der Waals surface area (Å²) in [5, 5.41) is 0.665. The molecule has 1 heterocycles. The first-order chi connectivity index (χ1) is 18.0. The molecule has 0 saturated carbocycles. The van der Waals surface area contributed by atoms with Gasteiger partial charge in [0.25, 0.3) is 0 Å². The van der Waals surface area contributed by atoms with E-state index in [1.807, 2.05) is 49.4 Å². The minimum atomic E-state index is -0.347. The lowest BCUT2D eigenvalue weighted by atomic mass is 9.71. The average Bonchev–Trinajstić information content (AvgIpc) is 2.89. The molecule has 0 spiro atoms. The highest BCUT2D eigenvalue weighted by atomic mass is 35.5. The fourth-order valence-corrected chi connectivity index (χ4v) is 6.14. The van der Waals surface area contributed by atoms with Gasteiger partial charge in [0.15, 0.2) is 23.1 Å². The van der Waals surface area contributed by atoms with Gasteiger partial charge in [0.2, 0.25) is 0 Å². The van der Waals surface area contributed by atoms with E-state index in [1.165, 1.54) is 0 Å². The zero-order chi connectivity index (χ0) is 25.9. The normalized spacial score (nSPS) is 18.2. The van der Waals surface area contributed by atoms with Crippen LogP contribution in [0.5, 0.6) is 11.5 Å². The van der Waals surface area contributed by atoms with Gasteiger partial charge in [0.05, 0.1) is 6.61 Å². The highest BCUT2D eigenvalue weighted by molar-refractivity contribution is 6.30. The van der Waals surface area contributed by atoms with Gasteiger partial charge in [0, 0.05) is 52.9 Å². The Morgan fingerprint density at radius 2 is 1.57 bits per heavy atom. The maximum absolute atomic E-state index is 13.4. The second-order valence-electron chi connectivity index (χ2n) is 9.92. The molecule has 0 amide bonds. The Morgan fingerprint density at radius 1 is 0.865 bits per heavy atom. The fourth-order valence-electron chi connectivity index (χ4n) is 5.92. The van der Waals surface area contributed by atoms with E-state index in [9.17, 15) is 9.59 Å². The second kappa shape index (κ2) is 11.1. The molecule has 37 heavy (non-hydrogen) atoms. The van der Waals surface area contributed by atoms with Crippen LogP contribution in [0.15, 0.2) is 65.0 Å². The first kappa shape index (κ1) is 25.6. The predicted molar refractivity (Wildman–Crippen MR) is 145 cm³/mol. The number of carbonyl (C=O) groups excluding carboxylic acids is 2. The fraction of sp³-hybridized carbons (Fsp3) is 0.419. The molecule has 0 saturated heterocycles. The molecule has 2 aromatic rings. The number of hydrogen-bond donors (Lipinski definition) is 0. The van der Waals surface area contributed by atoms with Crippen molar-refractivity contribution in [3.8, 4) is 11.5 Å². The Bertz CT molecular complexity index is 1230. The lowest BCUT2D eigenvalue weighted by Crippen LogP contribution is -2.39. The molecule has 0 atom stereocenters. The summed E-state index contributed by atoms with van der Waals surface area (Å²) >= 11 is 6.13. The maximum atomic E-state index is 13.4.